The molecular weight excluding hydrogens is 522 g/mol. The largest absolute Gasteiger partial charge is 0.495 e. The van der Waals surface area contributed by atoms with E-state index in [-0.39, 0.29) is 15.6 Å². The Kier molecular flexibility index (Phi) is 7.60. The third-order valence-corrected chi connectivity index (χ3v) is 7.17. The maximum absolute atomic E-state index is 13.3. The summed E-state index contributed by atoms with van der Waals surface area (Å²) in [5, 5.41) is 4.04. The number of carbonyl (C=O) groups excluding carboxylic acids is 1. The predicted octanol–water partition coefficient (Wildman–Crippen LogP) is 4.36. The van der Waals surface area contributed by atoms with Crippen molar-refractivity contribution in [3.05, 3.63) is 75.6 Å². The first-order chi connectivity index (χ1) is 15.2. The highest BCUT2D eigenvalue weighted by molar-refractivity contribution is 9.10. The fraction of sp³-hybridized carbons (Fsp3) is 0.143. The van der Waals surface area contributed by atoms with Crippen molar-refractivity contribution in [3.63, 3.8) is 0 Å². The van der Waals surface area contributed by atoms with E-state index >= 15 is 0 Å². The molecule has 0 unspecified atom stereocenters. The van der Waals surface area contributed by atoms with Gasteiger partial charge in [0.05, 0.1) is 33.4 Å². The van der Waals surface area contributed by atoms with Gasteiger partial charge in [-0.3, -0.25) is 9.10 Å². The molecule has 0 aliphatic rings. The number of hydrogen-bond acceptors (Lipinski definition) is 6. The summed E-state index contributed by atoms with van der Waals surface area (Å²) in [5.41, 5.74) is 2.51. The number of hydrogen-bond donors (Lipinski definition) is 1. The molecule has 2 aromatic carbocycles. The number of hydrazone groups is 1. The van der Waals surface area contributed by atoms with Crippen LogP contribution in [0.15, 0.2) is 73.5 Å². The molecule has 1 aromatic heterocycles. The number of benzene rings is 2. The molecule has 8 nitrogen and oxygen atoms in total. The highest BCUT2D eigenvalue weighted by atomic mass is 79.9. The van der Waals surface area contributed by atoms with Crippen LogP contribution in [0.3, 0.4) is 0 Å². The molecule has 1 N–H and O–H groups in total. The quantitative estimate of drug-likeness (QED) is 0.338. The maximum atomic E-state index is 13.3. The molecule has 0 fully saturated rings. The number of anilines is 1. The lowest BCUT2D eigenvalue weighted by atomic mass is 10.3. The Bertz CT molecular complexity index is 1230. The van der Waals surface area contributed by atoms with Gasteiger partial charge in [0.2, 0.25) is 0 Å². The fourth-order valence-electron chi connectivity index (χ4n) is 2.72. The van der Waals surface area contributed by atoms with E-state index in [1.807, 2.05) is 0 Å². The van der Waals surface area contributed by atoms with Crippen LogP contribution in [-0.2, 0) is 14.8 Å². The van der Waals surface area contributed by atoms with Crippen molar-refractivity contribution >= 4 is 55.4 Å². The number of methoxy groups -OCH3 is 1. The molecule has 3 aromatic rings. The van der Waals surface area contributed by atoms with Gasteiger partial charge < -0.3 is 9.15 Å². The van der Waals surface area contributed by atoms with Crippen molar-refractivity contribution in [2.75, 3.05) is 18.0 Å². The molecule has 1 heterocycles. The van der Waals surface area contributed by atoms with Crippen molar-refractivity contribution in [2.45, 2.75) is 11.8 Å². The lowest BCUT2D eigenvalue weighted by Gasteiger charge is -2.24. The molecule has 0 saturated carbocycles. The average molecular weight is 541 g/mol. The Morgan fingerprint density at radius 2 is 1.97 bits per heavy atom. The molecule has 0 bridgehead atoms. The standard InChI is InChI=1S/C21H19BrClN3O5S/c1-14-18(22)11-16(31-14)12-24-25-21(27)13-26(15-8-9-20(30-2)19(23)10-15)32(28,29)17-6-4-3-5-7-17/h3-12H,13H2,1-2H3,(H,25,27)/b24-12+. The van der Waals surface area contributed by atoms with E-state index in [9.17, 15) is 13.2 Å². The highest BCUT2D eigenvalue weighted by Gasteiger charge is 2.27. The van der Waals surface area contributed by atoms with Gasteiger partial charge >= 0.3 is 0 Å². The first kappa shape index (κ1) is 23.8. The van der Waals surface area contributed by atoms with Crippen LogP contribution in [-0.4, -0.2) is 34.2 Å². The number of ether oxygens (including phenoxy) is 1. The highest BCUT2D eigenvalue weighted by Crippen LogP contribution is 2.31. The minimum absolute atomic E-state index is 0.0270. The lowest BCUT2D eigenvalue weighted by Crippen LogP contribution is -2.39. The van der Waals surface area contributed by atoms with Crippen molar-refractivity contribution in [1.29, 1.82) is 0 Å². The SMILES string of the molecule is COc1ccc(N(CC(=O)N/N=C/c2cc(Br)c(C)o2)S(=O)(=O)c2ccccc2)cc1Cl. The zero-order valence-electron chi connectivity index (χ0n) is 17.1. The van der Waals surface area contributed by atoms with Gasteiger partial charge in [0.15, 0.2) is 0 Å². The molecule has 0 aliphatic heterocycles. The molecule has 32 heavy (non-hydrogen) atoms. The van der Waals surface area contributed by atoms with Crippen LogP contribution < -0.4 is 14.5 Å². The molecule has 0 radical (unpaired) electrons. The van der Waals surface area contributed by atoms with E-state index < -0.39 is 22.5 Å². The first-order valence-electron chi connectivity index (χ1n) is 9.21. The summed E-state index contributed by atoms with van der Waals surface area (Å²) in [6.07, 6.45) is 1.32. The first-order valence-corrected chi connectivity index (χ1v) is 11.8. The second-order valence-corrected chi connectivity index (χ2v) is 9.61. The Balaban J connectivity index is 1.87. The minimum Gasteiger partial charge on any atom is -0.495 e. The number of nitrogens with zero attached hydrogens (tertiary/aromatic N) is 2. The van der Waals surface area contributed by atoms with E-state index in [4.69, 9.17) is 20.8 Å². The Labute approximate surface area is 199 Å². The monoisotopic (exact) mass is 539 g/mol. The lowest BCUT2D eigenvalue weighted by molar-refractivity contribution is -0.119. The summed E-state index contributed by atoms with van der Waals surface area (Å²) in [7, 11) is -2.62. The minimum atomic E-state index is -4.07. The number of amides is 1. The number of nitrogens with one attached hydrogen (secondary N) is 1. The summed E-state index contributed by atoms with van der Waals surface area (Å²) in [5.74, 6) is 0.802. The van der Waals surface area contributed by atoms with Crippen LogP contribution in [0.5, 0.6) is 5.75 Å². The van der Waals surface area contributed by atoms with Gasteiger partial charge in [-0.1, -0.05) is 29.8 Å². The zero-order chi connectivity index (χ0) is 23.3. The van der Waals surface area contributed by atoms with E-state index in [2.05, 4.69) is 26.5 Å². The summed E-state index contributed by atoms with van der Waals surface area (Å²) in [6, 6.07) is 13.9. The van der Waals surface area contributed by atoms with Gasteiger partial charge in [-0.15, -0.1) is 0 Å². The number of sulfonamides is 1. The number of rotatable bonds is 8. The van der Waals surface area contributed by atoms with Crippen LogP contribution in [0.1, 0.15) is 11.5 Å². The zero-order valence-corrected chi connectivity index (χ0v) is 20.2. The van der Waals surface area contributed by atoms with Crippen LogP contribution in [0, 0.1) is 6.92 Å². The Morgan fingerprint density at radius 3 is 2.56 bits per heavy atom. The maximum Gasteiger partial charge on any atom is 0.264 e. The second-order valence-electron chi connectivity index (χ2n) is 6.49. The normalized spacial score (nSPS) is 11.5. The van der Waals surface area contributed by atoms with E-state index in [1.54, 1.807) is 31.2 Å². The molecule has 1 amide bonds. The van der Waals surface area contributed by atoms with Gasteiger partial charge in [-0.05, 0) is 53.2 Å². The summed E-state index contributed by atoms with van der Waals surface area (Å²) >= 11 is 9.51. The predicted molar refractivity (Wildman–Crippen MR) is 126 cm³/mol. The average Bonchev–Trinajstić information content (AvgIpc) is 3.09. The smallest absolute Gasteiger partial charge is 0.264 e. The van der Waals surface area contributed by atoms with Crippen molar-refractivity contribution < 1.29 is 22.4 Å². The Morgan fingerprint density at radius 1 is 1.25 bits per heavy atom. The van der Waals surface area contributed by atoms with Gasteiger partial charge in [0.25, 0.3) is 15.9 Å². The second kappa shape index (κ2) is 10.2. The number of carbonyl (C=O) groups is 1. The van der Waals surface area contributed by atoms with Crippen LogP contribution in [0.25, 0.3) is 0 Å². The molecular formula is C21H19BrClN3O5S. The molecule has 0 atom stereocenters. The molecule has 168 valence electrons. The van der Waals surface area contributed by atoms with Crippen LogP contribution in [0.2, 0.25) is 5.02 Å². The van der Waals surface area contributed by atoms with Crippen LogP contribution in [0.4, 0.5) is 5.69 Å². The van der Waals surface area contributed by atoms with E-state index in [0.29, 0.717) is 17.3 Å². The third kappa shape index (κ3) is 5.50. The molecule has 0 saturated heterocycles. The molecule has 3 rings (SSSR count). The van der Waals surface area contributed by atoms with Crippen molar-refractivity contribution in [3.8, 4) is 5.75 Å². The third-order valence-electron chi connectivity index (χ3n) is 4.30. The van der Waals surface area contributed by atoms with Gasteiger partial charge in [-0.2, -0.15) is 5.10 Å². The number of furan rings is 1. The van der Waals surface area contributed by atoms with Gasteiger partial charge in [0.1, 0.15) is 23.8 Å². The topological polar surface area (TPSA) is 101 Å². The molecule has 0 aliphatic carbocycles. The van der Waals surface area contributed by atoms with Gasteiger partial charge in [0, 0.05) is 6.07 Å². The van der Waals surface area contributed by atoms with E-state index in [0.717, 1.165) is 8.78 Å². The van der Waals surface area contributed by atoms with Crippen molar-refractivity contribution in [2.24, 2.45) is 5.10 Å². The van der Waals surface area contributed by atoms with E-state index in [1.165, 1.54) is 43.7 Å². The molecule has 0 spiro atoms. The Hall–Kier alpha value is -2.82. The van der Waals surface area contributed by atoms with Crippen molar-refractivity contribution in [1.82, 2.24) is 5.43 Å². The summed E-state index contributed by atoms with van der Waals surface area (Å²) in [4.78, 5) is 12.6. The van der Waals surface area contributed by atoms with Crippen LogP contribution >= 0.6 is 27.5 Å². The molecule has 11 heteroatoms. The summed E-state index contributed by atoms with van der Waals surface area (Å²) < 4.78 is 38.8. The summed E-state index contributed by atoms with van der Waals surface area (Å²) in [6.45, 7) is 1.24. The number of halogens is 2. The number of aryl methyl sites for hydroxylation is 1. The van der Waals surface area contributed by atoms with Gasteiger partial charge in [-0.25, -0.2) is 13.8 Å². The fourth-order valence-corrected chi connectivity index (χ4v) is 4.72.